The molecule has 2 N–H and O–H groups in total. The van der Waals surface area contributed by atoms with Gasteiger partial charge in [0.2, 0.25) is 5.91 Å². The average Bonchev–Trinajstić information content (AvgIpc) is 2.75. The van der Waals surface area contributed by atoms with Crippen LogP contribution in [0, 0.1) is 0 Å². The van der Waals surface area contributed by atoms with Crippen LogP contribution in [-0.4, -0.2) is 41.9 Å². The number of nitrogens with one attached hydrogen (secondary N) is 2. The Labute approximate surface area is 181 Å². The summed E-state index contributed by atoms with van der Waals surface area (Å²) in [5, 5.41) is 5.74. The van der Waals surface area contributed by atoms with E-state index in [1.54, 1.807) is 11.9 Å². The zero-order valence-electron chi connectivity index (χ0n) is 16.6. The molecule has 0 atom stereocenters. The second kappa shape index (κ2) is 11.2. The Balaban J connectivity index is 1.41. The number of hydrogen-bond donors (Lipinski definition) is 2. The molecule has 1 fully saturated rings. The predicted octanol–water partition coefficient (Wildman–Crippen LogP) is 4.73. The fourth-order valence-electron chi connectivity index (χ4n) is 3.01. The molecule has 1 saturated heterocycles. The monoisotopic (exact) mass is 429 g/mol. The molecule has 0 unspecified atom stereocenters. The van der Waals surface area contributed by atoms with E-state index in [2.05, 4.69) is 22.8 Å². The van der Waals surface area contributed by atoms with Crippen molar-refractivity contribution in [3.8, 4) is 0 Å². The molecule has 0 bridgehead atoms. The van der Waals surface area contributed by atoms with E-state index in [4.69, 9.17) is 0 Å². The number of carbonyl (C=O) groups excluding carboxylic acids is 2. The third-order valence-corrected chi connectivity index (χ3v) is 7.52. The van der Waals surface area contributed by atoms with E-state index >= 15 is 0 Å². The van der Waals surface area contributed by atoms with Gasteiger partial charge >= 0.3 is 6.03 Å². The Bertz CT molecular complexity index is 811. The summed E-state index contributed by atoms with van der Waals surface area (Å²) in [5.74, 6) is 2.27. The first-order chi connectivity index (χ1) is 14.1. The lowest BCUT2D eigenvalue weighted by molar-refractivity contribution is -0.116. The number of amides is 3. The molecule has 1 heterocycles. The topological polar surface area (TPSA) is 61.4 Å². The molecule has 0 aliphatic carbocycles. The first-order valence-corrected chi connectivity index (χ1v) is 11.9. The van der Waals surface area contributed by atoms with E-state index < -0.39 is 0 Å². The zero-order chi connectivity index (χ0) is 20.5. The zero-order valence-corrected chi connectivity index (χ0v) is 18.2. The van der Waals surface area contributed by atoms with Gasteiger partial charge in [-0.15, -0.1) is 23.5 Å². The lowest BCUT2D eigenvalue weighted by atomic mass is 10.2. The van der Waals surface area contributed by atoms with E-state index in [0.29, 0.717) is 17.7 Å². The summed E-state index contributed by atoms with van der Waals surface area (Å²) < 4.78 is 0.444. The van der Waals surface area contributed by atoms with Crippen LogP contribution in [0.25, 0.3) is 0 Å². The van der Waals surface area contributed by atoms with Gasteiger partial charge in [0, 0.05) is 32.2 Å². The first-order valence-electron chi connectivity index (χ1n) is 9.78. The molecule has 1 aliphatic rings. The molecule has 0 spiro atoms. The molecular formula is C22H27N3O2S2. The lowest BCUT2D eigenvalue weighted by Gasteiger charge is -2.21. The lowest BCUT2D eigenvalue weighted by Crippen LogP contribution is -2.38. The van der Waals surface area contributed by atoms with Gasteiger partial charge in [0.1, 0.15) is 0 Å². The fraction of sp³-hybridized carbons (Fsp3) is 0.364. The van der Waals surface area contributed by atoms with E-state index in [1.165, 1.54) is 23.5 Å². The van der Waals surface area contributed by atoms with Crippen LogP contribution in [0.2, 0.25) is 0 Å². The van der Waals surface area contributed by atoms with E-state index in [-0.39, 0.29) is 18.4 Å². The van der Waals surface area contributed by atoms with Crippen molar-refractivity contribution in [3.63, 3.8) is 0 Å². The van der Waals surface area contributed by atoms with Crippen LogP contribution in [-0.2, 0) is 11.3 Å². The molecule has 1 aliphatic heterocycles. The van der Waals surface area contributed by atoms with Crippen LogP contribution in [0.15, 0.2) is 54.6 Å². The highest BCUT2D eigenvalue weighted by Gasteiger charge is 2.17. The number of carbonyl (C=O) groups is 2. The molecule has 7 heteroatoms. The number of urea groups is 1. The van der Waals surface area contributed by atoms with Gasteiger partial charge in [-0.2, -0.15) is 0 Å². The molecule has 5 nitrogen and oxygen atoms in total. The summed E-state index contributed by atoms with van der Waals surface area (Å²) in [6.07, 6.45) is 1.50. The minimum Gasteiger partial charge on any atom is -0.337 e. The normalized spacial score (nSPS) is 14.2. The highest BCUT2D eigenvalue weighted by Crippen LogP contribution is 2.44. The van der Waals surface area contributed by atoms with Gasteiger partial charge in [-0.25, -0.2) is 4.79 Å². The van der Waals surface area contributed by atoms with Gasteiger partial charge in [-0.05, 0) is 41.2 Å². The van der Waals surface area contributed by atoms with Crippen LogP contribution in [0.5, 0.6) is 0 Å². The van der Waals surface area contributed by atoms with Crippen molar-refractivity contribution in [1.82, 2.24) is 10.2 Å². The Morgan fingerprint density at radius 3 is 2.59 bits per heavy atom. The molecule has 0 radical (unpaired) electrons. The van der Waals surface area contributed by atoms with Gasteiger partial charge in [0.15, 0.2) is 0 Å². The third kappa shape index (κ3) is 7.01. The van der Waals surface area contributed by atoms with E-state index in [0.717, 1.165) is 11.3 Å². The highest BCUT2D eigenvalue weighted by atomic mass is 32.2. The number of thioether (sulfide) groups is 2. The first kappa shape index (κ1) is 21.6. The number of benzene rings is 2. The highest BCUT2D eigenvalue weighted by molar-refractivity contribution is 8.16. The second-order valence-electron chi connectivity index (χ2n) is 6.92. The Morgan fingerprint density at radius 1 is 1.07 bits per heavy atom. The maximum absolute atomic E-state index is 12.3. The maximum atomic E-state index is 12.3. The van der Waals surface area contributed by atoms with Crippen molar-refractivity contribution in [3.05, 3.63) is 65.7 Å². The number of hydrogen-bond acceptors (Lipinski definition) is 4. The minimum atomic E-state index is -0.185. The fourth-order valence-corrected chi connectivity index (χ4v) is 5.89. The molecule has 154 valence electrons. The molecule has 3 amide bonds. The quantitative estimate of drug-likeness (QED) is 0.668. The third-order valence-electron chi connectivity index (χ3n) is 4.51. The Morgan fingerprint density at radius 2 is 1.83 bits per heavy atom. The Hall–Kier alpha value is -2.12. The standard InChI is InChI=1S/C22H27N3O2S2/c1-25(16-17-7-3-2-4-8-17)22(27)23-12-11-20(26)24-19-10-5-9-18(15-19)21-28-13-6-14-29-21/h2-5,7-10,15,21H,6,11-14,16H2,1H3,(H,23,27)(H,24,26). The summed E-state index contributed by atoms with van der Waals surface area (Å²) in [7, 11) is 1.75. The average molecular weight is 430 g/mol. The summed E-state index contributed by atoms with van der Waals surface area (Å²) >= 11 is 3.92. The van der Waals surface area contributed by atoms with Crippen molar-refractivity contribution < 1.29 is 9.59 Å². The van der Waals surface area contributed by atoms with Gasteiger partial charge < -0.3 is 15.5 Å². The van der Waals surface area contributed by atoms with Gasteiger partial charge in [-0.3, -0.25) is 4.79 Å². The molecular weight excluding hydrogens is 402 g/mol. The molecule has 0 aromatic heterocycles. The van der Waals surface area contributed by atoms with Crippen molar-refractivity contribution in [2.45, 2.75) is 24.0 Å². The van der Waals surface area contributed by atoms with E-state index in [1.807, 2.05) is 66.0 Å². The van der Waals surface area contributed by atoms with Crippen molar-refractivity contribution >= 4 is 41.1 Å². The van der Waals surface area contributed by atoms with Gasteiger partial charge in [0.25, 0.3) is 0 Å². The van der Waals surface area contributed by atoms with Crippen LogP contribution in [0.3, 0.4) is 0 Å². The number of nitrogens with zero attached hydrogens (tertiary/aromatic N) is 1. The minimum absolute atomic E-state index is 0.0999. The predicted molar refractivity (Wildman–Crippen MR) is 123 cm³/mol. The summed E-state index contributed by atoms with van der Waals surface area (Å²) in [6.45, 7) is 0.834. The maximum Gasteiger partial charge on any atom is 0.317 e. The second-order valence-corrected chi connectivity index (χ2v) is 9.65. The molecule has 29 heavy (non-hydrogen) atoms. The van der Waals surface area contributed by atoms with Gasteiger partial charge in [-0.1, -0.05) is 42.5 Å². The summed E-state index contributed by atoms with van der Waals surface area (Å²) in [4.78, 5) is 26.0. The summed E-state index contributed by atoms with van der Waals surface area (Å²) in [5.41, 5.74) is 3.12. The smallest absolute Gasteiger partial charge is 0.317 e. The Kier molecular flexibility index (Phi) is 8.31. The summed E-state index contributed by atoms with van der Waals surface area (Å²) in [6, 6.07) is 17.7. The van der Waals surface area contributed by atoms with Crippen LogP contribution in [0.4, 0.5) is 10.5 Å². The van der Waals surface area contributed by atoms with Crippen LogP contribution >= 0.6 is 23.5 Å². The molecule has 2 aromatic rings. The molecule has 0 saturated carbocycles. The SMILES string of the molecule is CN(Cc1ccccc1)C(=O)NCCC(=O)Nc1cccc(C2SCCCS2)c1. The van der Waals surface area contributed by atoms with Gasteiger partial charge in [0.05, 0.1) is 4.58 Å². The van der Waals surface area contributed by atoms with E-state index in [9.17, 15) is 9.59 Å². The molecule has 3 rings (SSSR count). The van der Waals surface area contributed by atoms with Crippen molar-refractivity contribution in [1.29, 1.82) is 0 Å². The van der Waals surface area contributed by atoms with Crippen molar-refractivity contribution in [2.24, 2.45) is 0 Å². The number of rotatable bonds is 7. The van der Waals surface area contributed by atoms with Crippen LogP contribution < -0.4 is 10.6 Å². The largest absolute Gasteiger partial charge is 0.337 e. The molecule has 2 aromatic carbocycles. The number of anilines is 1. The van der Waals surface area contributed by atoms with Crippen molar-refractivity contribution in [2.75, 3.05) is 30.4 Å². The van der Waals surface area contributed by atoms with Crippen LogP contribution in [0.1, 0.15) is 28.6 Å².